The molecule has 1 aromatic heterocycles. The van der Waals surface area contributed by atoms with Gasteiger partial charge >= 0.3 is 5.97 Å². The average Bonchev–Trinajstić information content (AvgIpc) is 3.02. The predicted octanol–water partition coefficient (Wildman–Crippen LogP) is 2.85. The molecule has 128 valence electrons. The van der Waals surface area contributed by atoms with Crippen LogP contribution in [-0.4, -0.2) is 41.1 Å². The zero-order chi connectivity index (χ0) is 18.1. The summed E-state index contributed by atoms with van der Waals surface area (Å²) >= 11 is 0. The Morgan fingerprint density at radius 3 is 2.64 bits per heavy atom. The number of methoxy groups -OCH3 is 1. The van der Waals surface area contributed by atoms with Gasteiger partial charge in [0.1, 0.15) is 5.75 Å². The molecule has 0 aliphatic heterocycles. The van der Waals surface area contributed by atoms with Crippen LogP contribution >= 0.6 is 0 Å². The van der Waals surface area contributed by atoms with Crippen molar-refractivity contribution >= 4 is 28.6 Å². The summed E-state index contributed by atoms with van der Waals surface area (Å²) in [5.74, 6) is -0.702. The monoisotopic (exact) mass is 339 g/mol. The van der Waals surface area contributed by atoms with Gasteiger partial charge in [0, 0.05) is 13.1 Å². The van der Waals surface area contributed by atoms with Crippen molar-refractivity contribution in [3.8, 4) is 5.75 Å². The van der Waals surface area contributed by atoms with Crippen LogP contribution in [0.25, 0.3) is 11.0 Å². The minimum Gasteiger partial charge on any atom is -0.496 e. The molecule has 0 saturated carbocycles. The van der Waals surface area contributed by atoms with Gasteiger partial charge in [-0.2, -0.15) is 0 Å². The number of ether oxygens (including phenoxy) is 1. The maximum absolute atomic E-state index is 12.7. The minimum atomic E-state index is -1.10. The number of hydrogen-bond acceptors (Lipinski definition) is 4. The summed E-state index contributed by atoms with van der Waals surface area (Å²) in [5.41, 5.74) is 2.57. The SMILES string of the molecule is COc1cc2[nH]c(C(=O)N(C)c3ccccc3C(=O)O)nc2cc1C. The predicted molar refractivity (Wildman–Crippen MR) is 93.5 cm³/mol. The number of nitrogens with zero attached hydrogens (tertiary/aromatic N) is 2. The Labute approximate surface area is 143 Å². The molecular weight excluding hydrogens is 322 g/mol. The molecule has 1 amide bonds. The van der Waals surface area contributed by atoms with Crippen molar-refractivity contribution < 1.29 is 19.4 Å². The highest BCUT2D eigenvalue weighted by molar-refractivity contribution is 6.08. The highest BCUT2D eigenvalue weighted by atomic mass is 16.5. The number of aromatic amines is 1. The number of aromatic carboxylic acids is 1. The fraction of sp³-hybridized carbons (Fsp3) is 0.167. The van der Waals surface area contributed by atoms with Crippen LogP contribution in [0.2, 0.25) is 0 Å². The Morgan fingerprint density at radius 2 is 1.96 bits per heavy atom. The maximum Gasteiger partial charge on any atom is 0.337 e. The van der Waals surface area contributed by atoms with Crippen molar-refractivity contribution in [3.63, 3.8) is 0 Å². The van der Waals surface area contributed by atoms with E-state index in [-0.39, 0.29) is 11.4 Å². The molecule has 0 atom stereocenters. The number of aryl methyl sites for hydroxylation is 1. The normalized spacial score (nSPS) is 10.7. The van der Waals surface area contributed by atoms with Crippen molar-refractivity contribution in [2.75, 3.05) is 19.1 Å². The van der Waals surface area contributed by atoms with E-state index in [1.165, 1.54) is 18.0 Å². The number of anilines is 1. The van der Waals surface area contributed by atoms with E-state index in [0.29, 0.717) is 22.5 Å². The maximum atomic E-state index is 12.7. The summed E-state index contributed by atoms with van der Waals surface area (Å²) in [6.07, 6.45) is 0. The second-order valence-electron chi connectivity index (χ2n) is 5.61. The third-order valence-corrected chi connectivity index (χ3v) is 4.00. The van der Waals surface area contributed by atoms with Crippen molar-refractivity contribution in [1.82, 2.24) is 9.97 Å². The van der Waals surface area contributed by atoms with E-state index in [1.54, 1.807) is 31.4 Å². The molecule has 0 radical (unpaired) electrons. The molecule has 2 N–H and O–H groups in total. The van der Waals surface area contributed by atoms with E-state index in [2.05, 4.69) is 9.97 Å². The summed E-state index contributed by atoms with van der Waals surface area (Å²) in [6.45, 7) is 1.89. The largest absolute Gasteiger partial charge is 0.496 e. The molecule has 0 aliphatic carbocycles. The molecule has 0 aliphatic rings. The quantitative estimate of drug-likeness (QED) is 0.762. The van der Waals surface area contributed by atoms with Crippen LogP contribution in [0.1, 0.15) is 26.5 Å². The number of carboxylic acids is 1. The summed E-state index contributed by atoms with van der Waals surface area (Å²) in [5, 5.41) is 9.29. The number of carbonyl (C=O) groups is 2. The third-order valence-electron chi connectivity index (χ3n) is 4.00. The second kappa shape index (κ2) is 6.27. The van der Waals surface area contributed by atoms with Gasteiger partial charge in [-0.05, 0) is 30.7 Å². The van der Waals surface area contributed by atoms with Crippen LogP contribution in [0, 0.1) is 6.92 Å². The first-order valence-electron chi connectivity index (χ1n) is 7.57. The lowest BCUT2D eigenvalue weighted by atomic mass is 10.1. The number of para-hydroxylation sites is 1. The van der Waals surface area contributed by atoms with Crippen LogP contribution < -0.4 is 9.64 Å². The highest BCUT2D eigenvalue weighted by Gasteiger charge is 2.22. The standard InChI is InChI=1S/C18H17N3O4/c1-10-8-12-13(9-15(10)25-3)20-16(19-12)17(22)21(2)14-7-5-4-6-11(14)18(23)24/h4-9H,1-3H3,(H,19,20)(H,23,24). The van der Waals surface area contributed by atoms with Crippen molar-refractivity contribution in [1.29, 1.82) is 0 Å². The van der Waals surface area contributed by atoms with Gasteiger partial charge < -0.3 is 19.7 Å². The number of rotatable bonds is 4. The Morgan fingerprint density at radius 1 is 1.24 bits per heavy atom. The number of carbonyl (C=O) groups excluding carboxylic acids is 1. The molecule has 0 unspecified atom stereocenters. The van der Waals surface area contributed by atoms with Crippen molar-refractivity contribution in [3.05, 3.63) is 53.3 Å². The first-order valence-corrected chi connectivity index (χ1v) is 7.57. The van der Waals surface area contributed by atoms with Crippen LogP contribution in [-0.2, 0) is 0 Å². The number of benzene rings is 2. The first-order chi connectivity index (χ1) is 11.9. The topological polar surface area (TPSA) is 95.5 Å². The summed E-state index contributed by atoms with van der Waals surface area (Å²) in [4.78, 5) is 32.7. The van der Waals surface area contributed by atoms with Gasteiger partial charge in [-0.15, -0.1) is 0 Å². The number of nitrogens with one attached hydrogen (secondary N) is 1. The number of carboxylic acid groups (broad SMARTS) is 1. The molecule has 3 rings (SSSR count). The van der Waals surface area contributed by atoms with E-state index in [9.17, 15) is 14.7 Å². The van der Waals surface area contributed by atoms with Gasteiger partial charge in [-0.1, -0.05) is 12.1 Å². The second-order valence-corrected chi connectivity index (χ2v) is 5.61. The van der Waals surface area contributed by atoms with E-state index < -0.39 is 11.9 Å². The van der Waals surface area contributed by atoms with Crippen LogP contribution in [0.3, 0.4) is 0 Å². The lowest BCUT2D eigenvalue weighted by molar-refractivity contribution is 0.0697. The molecule has 25 heavy (non-hydrogen) atoms. The molecule has 0 fully saturated rings. The summed E-state index contributed by atoms with van der Waals surface area (Å²) < 4.78 is 5.27. The van der Waals surface area contributed by atoms with Crippen molar-refractivity contribution in [2.45, 2.75) is 6.92 Å². The lowest BCUT2D eigenvalue weighted by Gasteiger charge is -2.17. The Balaban J connectivity index is 2.01. The van der Waals surface area contributed by atoms with Crippen LogP contribution in [0.5, 0.6) is 5.75 Å². The molecule has 3 aromatic rings. The molecule has 0 saturated heterocycles. The van der Waals surface area contributed by atoms with Gasteiger partial charge in [0.05, 0.1) is 29.4 Å². The van der Waals surface area contributed by atoms with Gasteiger partial charge in [0.25, 0.3) is 5.91 Å². The smallest absolute Gasteiger partial charge is 0.337 e. The summed E-state index contributed by atoms with van der Waals surface area (Å²) in [7, 11) is 3.09. The third kappa shape index (κ3) is 2.91. The van der Waals surface area contributed by atoms with E-state index in [1.807, 2.05) is 13.0 Å². The Bertz CT molecular complexity index is 978. The fourth-order valence-corrected chi connectivity index (χ4v) is 2.68. The number of amides is 1. The number of fused-ring (bicyclic) bond motifs is 1. The zero-order valence-electron chi connectivity index (χ0n) is 14.0. The molecule has 0 bridgehead atoms. The molecule has 7 nitrogen and oxygen atoms in total. The van der Waals surface area contributed by atoms with Crippen LogP contribution in [0.4, 0.5) is 5.69 Å². The van der Waals surface area contributed by atoms with Gasteiger partial charge in [0.2, 0.25) is 0 Å². The fourth-order valence-electron chi connectivity index (χ4n) is 2.68. The lowest BCUT2D eigenvalue weighted by Crippen LogP contribution is -2.28. The Hall–Kier alpha value is -3.35. The van der Waals surface area contributed by atoms with Gasteiger partial charge in [-0.3, -0.25) is 4.79 Å². The van der Waals surface area contributed by atoms with Crippen molar-refractivity contribution in [2.24, 2.45) is 0 Å². The molecule has 1 heterocycles. The number of H-pyrrole nitrogens is 1. The van der Waals surface area contributed by atoms with Crippen LogP contribution in [0.15, 0.2) is 36.4 Å². The number of imidazole rings is 1. The van der Waals surface area contributed by atoms with E-state index in [4.69, 9.17) is 4.74 Å². The number of hydrogen-bond donors (Lipinski definition) is 2. The molecular formula is C18H17N3O4. The first kappa shape index (κ1) is 16.5. The molecule has 0 spiro atoms. The molecule has 7 heteroatoms. The minimum absolute atomic E-state index is 0.0481. The van der Waals surface area contributed by atoms with E-state index in [0.717, 1.165) is 5.56 Å². The highest BCUT2D eigenvalue weighted by Crippen LogP contribution is 2.25. The van der Waals surface area contributed by atoms with Gasteiger partial charge in [0.15, 0.2) is 5.82 Å². The molecule has 2 aromatic carbocycles. The van der Waals surface area contributed by atoms with Gasteiger partial charge in [-0.25, -0.2) is 9.78 Å². The zero-order valence-corrected chi connectivity index (χ0v) is 14.0. The average molecular weight is 339 g/mol. The van der Waals surface area contributed by atoms with E-state index >= 15 is 0 Å². The Kier molecular flexibility index (Phi) is 4.14. The summed E-state index contributed by atoms with van der Waals surface area (Å²) in [6, 6.07) is 9.93. The number of aromatic nitrogens is 2.